The number of hydrogen-bond donors (Lipinski definition) is 2. The van der Waals surface area contributed by atoms with Crippen molar-refractivity contribution in [3.8, 4) is 0 Å². The molecule has 158 valence electrons. The molecule has 31 heavy (non-hydrogen) atoms. The SMILES string of the molecule is O=C(Nc1ccc2nc(N[C@@H]3CCc4ccccc43)ccc2c1)N1C[C@H]2CC[C@H](C1)O2. The van der Waals surface area contributed by atoms with Crippen molar-refractivity contribution in [2.24, 2.45) is 0 Å². The Bertz CT molecular complexity index is 1140. The van der Waals surface area contributed by atoms with Crippen LogP contribution in [0.2, 0.25) is 0 Å². The van der Waals surface area contributed by atoms with Gasteiger partial charge < -0.3 is 20.3 Å². The van der Waals surface area contributed by atoms with E-state index in [1.54, 1.807) is 0 Å². The second-order valence-corrected chi connectivity index (χ2v) is 8.83. The highest BCUT2D eigenvalue weighted by Crippen LogP contribution is 2.33. The quantitative estimate of drug-likeness (QED) is 0.650. The Kier molecular flexibility index (Phi) is 4.53. The summed E-state index contributed by atoms with van der Waals surface area (Å²) in [5, 5.41) is 7.65. The number of carbonyl (C=O) groups excluding carboxylic acids is 1. The number of pyridine rings is 1. The van der Waals surface area contributed by atoms with Gasteiger partial charge in [-0.05, 0) is 67.1 Å². The Morgan fingerprint density at radius 1 is 1.00 bits per heavy atom. The molecule has 0 unspecified atom stereocenters. The average molecular weight is 415 g/mol. The van der Waals surface area contributed by atoms with Crippen LogP contribution in [0.15, 0.2) is 54.6 Å². The predicted molar refractivity (Wildman–Crippen MR) is 121 cm³/mol. The van der Waals surface area contributed by atoms with Crippen molar-refractivity contribution in [1.29, 1.82) is 0 Å². The number of amides is 2. The summed E-state index contributed by atoms with van der Waals surface area (Å²) in [7, 11) is 0. The molecule has 0 spiro atoms. The van der Waals surface area contributed by atoms with Gasteiger partial charge in [0.2, 0.25) is 0 Å². The number of likely N-dealkylation sites (tertiary alicyclic amines) is 1. The Morgan fingerprint density at radius 3 is 2.71 bits per heavy atom. The number of benzene rings is 2. The van der Waals surface area contributed by atoms with Crippen LogP contribution in [-0.2, 0) is 11.2 Å². The van der Waals surface area contributed by atoms with E-state index in [2.05, 4.69) is 41.0 Å². The summed E-state index contributed by atoms with van der Waals surface area (Å²) in [5.74, 6) is 0.884. The summed E-state index contributed by atoms with van der Waals surface area (Å²) in [5.41, 5.74) is 4.51. The van der Waals surface area contributed by atoms with Crippen LogP contribution < -0.4 is 10.6 Å². The van der Waals surface area contributed by atoms with Gasteiger partial charge in [-0.25, -0.2) is 9.78 Å². The van der Waals surface area contributed by atoms with E-state index in [4.69, 9.17) is 9.72 Å². The largest absolute Gasteiger partial charge is 0.371 e. The molecule has 3 atom stereocenters. The fraction of sp³-hybridized carbons (Fsp3) is 0.360. The number of anilines is 2. The van der Waals surface area contributed by atoms with Crippen LogP contribution in [-0.4, -0.2) is 41.2 Å². The average Bonchev–Trinajstić information content (AvgIpc) is 3.36. The summed E-state index contributed by atoms with van der Waals surface area (Å²) < 4.78 is 5.83. The molecular weight excluding hydrogens is 388 g/mol. The van der Waals surface area contributed by atoms with Gasteiger partial charge in [0.05, 0.1) is 23.8 Å². The molecule has 3 aromatic rings. The number of aryl methyl sites for hydroxylation is 1. The van der Waals surface area contributed by atoms with Crippen molar-refractivity contribution < 1.29 is 9.53 Å². The third-order valence-electron chi connectivity index (χ3n) is 6.73. The molecule has 1 aromatic heterocycles. The first kappa shape index (κ1) is 18.6. The summed E-state index contributed by atoms with van der Waals surface area (Å²) in [4.78, 5) is 19.4. The number of morpholine rings is 1. The van der Waals surface area contributed by atoms with Gasteiger partial charge in [0.25, 0.3) is 0 Å². The second-order valence-electron chi connectivity index (χ2n) is 8.83. The molecule has 6 rings (SSSR count). The molecule has 3 heterocycles. The number of rotatable bonds is 3. The molecule has 2 N–H and O–H groups in total. The molecule has 1 aliphatic carbocycles. The third-order valence-corrected chi connectivity index (χ3v) is 6.73. The first-order valence-electron chi connectivity index (χ1n) is 11.2. The highest BCUT2D eigenvalue weighted by atomic mass is 16.5. The Labute approximate surface area is 181 Å². The van der Waals surface area contributed by atoms with Crippen molar-refractivity contribution in [2.45, 2.75) is 43.9 Å². The van der Waals surface area contributed by atoms with E-state index in [0.717, 1.165) is 48.1 Å². The molecule has 2 saturated heterocycles. The maximum Gasteiger partial charge on any atom is 0.322 e. The molecule has 2 aromatic carbocycles. The van der Waals surface area contributed by atoms with Crippen molar-refractivity contribution >= 4 is 28.4 Å². The fourth-order valence-electron chi connectivity index (χ4n) is 5.15. The van der Waals surface area contributed by atoms with E-state index < -0.39 is 0 Å². The molecule has 2 aliphatic heterocycles. The lowest BCUT2D eigenvalue weighted by Crippen LogP contribution is -2.47. The van der Waals surface area contributed by atoms with Gasteiger partial charge in [-0.2, -0.15) is 0 Å². The zero-order chi connectivity index (χ0) is 20.8. The minimum absolute atomic E-state index is 0.0503. The van der Waals surface area contributed by atoms with Crippen LogP contribution >= 0.6 is 0 Å². The molecular formula is C25H26N4O2. The smallest absolute Gasteiger partial charge is 0.322 e. The van der Waals surface area contributed by atoms with Gasteiger partial charge in [-0.1, -0.05) is 24.3 Å². The van der Waals surface area contributed by atoms with E-state index in [9.17, 15) is 4.79 Å². The van der Waals surface area contributed by atoms with E-state index in [0.29, 0.717) is 19.1 Å². The van der Waals surface area contributed by atoms with Crippen molar-refractivity contribution in [3.05, 3.63) is 65.7 Å². The summed E-state index contributed by atoms with van der Waals surface area (Å²) in [6.07, 6.45) is 4.70. The summed E-state index contributed by atoms with van der Waals surface area (Å²) in [6.45, 7) is 1.35. The van der Waals surface area contributed by atoms with Crippen LogP contribution in [0.4, 0.5) is 16.3 Å². The third kappa shape index (κ3) is 3.61. The van der Waals surface area contributed by atoms with Crippen LogP contribution in [0.1, 0.15) is 36.4 Å². The van der Waals surface area contributed by atoms with Crippen molar-refractivity contribution in [3.63, 3.8) is 0 Å². The monoisotopic (exact) mass is 414 g/mol. The maximum absolute atomic E-state index is 12.7. The van der Waals surface area contributed by atoms with Crippen LogP contribution in [0.5, 0.6) is 0 Å². The highest BCUT2D eigenvalue weighted by molar-refractivity contribution is 5.93. The Balaban J connectivity index is 1.16. The Morgan fingerprint density at radius 2 is 1.84 bits per heavy atom. The molecule has 0 radical (unpaired) electrons. The van der Waals surface area contributed by atoms with E-state index in [1.807, 2.05) is 29.2 Å². The number of urea groups is 1. The van der Waals surface area contributed by atoms with Crippen LogP contribution in [0.3, 0.4) is 0 Å². The topological polar surface area (TPSA) is 66.5 Å². The molecule has 2 amide bonds. The van der Waals surface area contributed by atoms with Gasteiger partial charge in [-0.3, -0.25) is 0 Å². The number of nitrogens with one attached hydrogen (secondary N) is 2. The lowest BCUT2D eigenvalue weighted by Gasteiger charge is -2.32. The number of ether oxygens (including phenoxy) is 1. The zero-order valence-corrected chi connectivity index (χ0v) is 17.4. The first-order valence-corrected chi connectivity index (χ1v) is 11.2. The fourth-order valence-corrected chi connectivity index (χ4v) is 5.15. The van der Waals surface area contributed by atoms with Gasteiger partial charge in [-0.15, -0.1) is 0 Å². The second kappa shape index (κ2) is 7.54. The van der Waals surface area contributed by atoms with Gasteiger partial charge in [0.15, 0.2) is 0 Å². The number of hydrogen-bond acceptors (Lipinski definition) is 4. The molecule has 6 nitrogen and oxygen atoms in total. The normalized spacial score (nSPS) is 24.3. The molecule has 0 saturated carbocycles. The minimum Gasteiger partial charge on any atom is -0.371 e. The minimum atomic E-state index is -0.0503. The van der Waals surface area contributed by atoms with Crippen LogP contribution in [0.25, 0.3) is 10.9 Å². The summed E-state index contributed by atoms with van der Waals surface area (Å²) in [6, 6.07) is 18.9. The van der Waals surface area contributed by atoms with Gasteiger partial charge in [0, 0.05) is 24.2 Å². The van der Waals surface area contributed by atoms with E-state index >= 15 is 0 Å². The Hall–Kier alpha value is -3.12. The molecule has 3 aliphatic rings. The number of fused-ring (bicyclic) bond motifs is 4. The lowest BCUT2D eigenvalue weighted by molar-refractivity contribution is -0.0219. The first-order chi connectivity index (χ1) is 15.2. The maximum atomic E-state index is 12.7. The van der Waals surface area contributed by atoms with Crippen molar-refractivity contribution in [2.75, 3.05) is 23.7 Å². The lowest BCUT2D eigenvalue weighted by atomic mass is 10.1. The van der Waals surface area contributed by atoms with Crippen molar-refractivity contribution in [1.82, 2.24) is 9.88 Å². The van der Waals surface area contributed by atoms with Gasteiger partial charge >= 0.3 is 6.03 Å². The van der Waals surface area contributed by atoms with Crippen LogP contribution in [0, 0.1) is 0 Å². The van der Waals surface area contributed by atoms with Gasteiger partial charge in [0.1, 0.15) is 5.82 Å². The molecule has 2 fully saturated rings. The zero-order valence-electron chi connectivity index (χ0n) is 17.4. The number of carbonyl (C=O) groups is 1. The number of nitrogens with zero attached hydrogens (tertiary/aromatic N) is 2. The van der Waals surface area contributed by atoms with E-state index in [-0.39, 0.29) is 18.2 Å². The predicted octanol–water partition coefficient (Wildman–Crippen LogP) is 4.73. The van der Waals surface area contributed by atoms with E-state index in [1.165, 1.54) is 11.1 Å². The highest BCUT2D eigenvalue weighted by Gasteiger charge is 2.35. The molecule has 2 bridgehead atoms. The number of aromatic nitrogens is 1. The standard InChI is InChI=1S/C25H26N4O2/c30-25(29-14-19-8-9-20(15-29)31-19)26-18-7-11-22-17(13-18)6-12-24(27-22)28-23-10-5-16-3-1-2-4-21(16)23/h1-4,6-7,11-13,19-20,23H,5,8-10,14-15H2,(H,26,30)(H,27,28)/t19-,20-,23-/m1/s1. The molecule has 6 heteroatoms. The summed E-state index contributed by atoms with van der Waals surface area (Å²) >= 11 is 0.